The number of rotatable bonds is 6. The average Bonchev–Trinajstić information content (AvgIpc) is 3.17. The fourth-order valence-electron chi connectivity index (χ4n) is 2.76. The van der Waals surface area contributed by atoms with Crippen LogP contribution in [0.2, 0.25) is 10.0 Å². The van der Waals surface area contributed by atoms with Crippen LogP contribution in [0, 0.1) is 24.0 Å². The third kappa shape index (κ3) is 4.16. The summed E-state index contributed by atoms with van der Waals surface area (Å²) in [4.78, 5) is 22.9. The van der Waals surface area contributed by atoms with E-state index < -0.39 is 4.92 Å². The van der Waals surface area contributed by atoms with Crippen LogP contribution in [0.3, 0.4) is 0 Å². The summed E-state index contributed by atoms with van der Waals surface area (Å²) in [6.45, 7) is 3.47. The number of benzene rings is 1. The Morgan fingerprint density at radius 2 is 2.04 bits per heavy atom. The zero-order valence-electron chi connectivity index (χ0n) is 15.0. The summed E-state index contributed by atoms with van der Waals surface area (Å²) in [5.41, 5.74) is 1.13. The highest BCUT2D eigenvalue weighted by molar-refractivity contribution is 6.37. The van der Waals surface area contributed by atoms with Gasteiger partial charge in [0.2, 0.25) is 0 Å². The van der Waals surface area contributed by atoms with Crippen LogP contribution in [0.25, 0.3) is 6.08 Å². The van der Waals surface area contributed by atoms with Crippen LogP contribution in [-0.2, 0) is 6.54 Å². The van der Waals surface area contributed by atoms with Crippen molar-refractivity contribution in [2.75, 3.05) is 0 Å². The largest absolute Gasteiger partial charge is 0.460 e. The number of allylic oxidation sites excluding steroid dienone is 1. The zero-order valence-corrected chi connectivity index (χ0v) is 16.5. The van der Waals surface area contributed by atoms with Crippen LogP contribution in [0.4, 0.5) is 5.69 Å². The van der Waals surface area contributed by atoms with E-state index in [1.54, 1.807) is 38.1 Å². The summed E-state index contributed by atoms with van der Waals surface area (Å²) >= 11 is 11.9. The summed E-state index contributed by atoms with van der Waals surface area (Å²) < 4.78 is 7.18. The summed E-state index contributed by atoms with van der Waals surface area (Å²) in [5, 5.41) is 16.0. The molecule has 0 amide bonds. The van der Waals surface area contributed by atoms with Crippen molar-refractivity contribution >= 4 is 40.7 Å². The van der Waals surface area contributed by atoms with Crippen LogP contribution >= 0.6 is 23.2 Å². The summed E-state index contributed by atoms with van der Waals surface area (Å²) in [6.07, 6.45) is 2.88. The molecule has 0 radical (unpaired) electrons. The predicted octanol–water partition coefficient (Wildman–Crippen LogP) is 5.25. The van der Waals surface area contributed by atoms with Crippen molar-refractivity contribution in [3.05, 3.63) is 85.0 Å². The normalized spacial score (nSPS) is 11.3. The monoisotopic (exact) mass is 419 g/mol. The van der Waals surface area contributed by atoms with Gasteiger partial charge in [0.15, 0.2) is 5.78 Å². The smallest absolute Gasteiger partial charge is 0.312 e. The number of aromatic nitrogens is 2. The Labute approximate surface area is 170 Å². The molecule has 2 heterocycles. The molecule has 0 aliphatic heterocycles. The second kappa shape index (κ2) is 8.00. The molecule has 0 spiro atoms. The zero-order chi connectivity index (χ0) is 20.4. The molecule has 9 heteroatoms. The second-order valence-electron chi connectivity index (χ2n) is 6.06. The van der Waals surface area contributed by atoms with E-state index in [0.29, 0.717) is 33.5 Å². The first kappa shape index (κ1) is 19.9. The van der Waals surface area contributed by atoms with Crippen molar-refractivity contribution in [1.82, 2.24) is 9.78 Å². The SMILES string of the molecule is Cc1nn(Cc2ccc(/C=C/C(=O)c3ccc(Cl)cc3Cl)o2)c(C)c1[N+](=O)[O-]. The molecule has 1 aromatic carbocycles. The first-order chi connectivity index (χ1) is 13.3. The minimum Gasteiger partial charge on any atom is -0.460 e. The third-order valence-electron chi connectivity index (χ3n) is 4.11. The molecule has 3 rings (SSSR count). The molecule has 0 aliphatic carbocycles. The number of ketones is 1. The van der Waals surface area contributed by atoms with Crippen molar-refractivity contribution in [2.24, 2.45) is 0 Å². The first-order valence-electron chi connectivity index (χ1n) is 8.21. The number of halogens is 2. The van der Waals surface area contributed by atoms with Crippen LogP contribution in [0.1, 0.15) is 33.3 Å². The van der Waals surface area contributed by atoms with E-state index in [4.69, 9.17) is 27.6 Å². The van der Waals surface area contributed by atoms with E-state index in [9.17, 15) is 14.9 Å². The quantitative estimate of drug-likeness (QED) is 0.235. The minimum absolute atomic E-state index is 0.00267. The van der Waals surface area contributed by atoms with E-state index in [-0.39, 0.29) is 23.0 Å². The fourth-order valence-corrected chi connectivity index (χ4v) is 3.26. The van der Waals surface area contributed by atoms with Gasteiger partial charge >= 0.3 is 5.69 Å². The van der Waals surface area contributed by atoms with Gasteiger partial charge in [-0.2, -0.15) is 5.10 Å². The Balaban J connectivity index is 1.74. The van der Waals surface area contributed by atoms with Gasteiger partial charge in [-0.25, -0.2) is 0 Å². The lowest BCUT2D eigenvalue weighted by molar-refractivity contribution is -0.386. The molecule has 0 unspecified atom stereocenters. The van der Waals surface area contributed by atoms with E-state index in [2.05, 4.69) is 5.10 Å². The molecule has 0 saturated carbocycles. The van der Waals surface area contributed by atoms with Crippen LogP contribution < -0.4 is 0 Å². The molecule has 28 heavy (non-hydrogen) atoms. The average molecular weight is 420 g/mol. The Bertz CT molecular complexity index is 1100. The van der Waals surface area contributed by atoms with Crippen molar-refractivity contribution in [1.29, 1.82) is 0 Å². The maximum Gasteiger partial charge on any atom is 0.312 e. The predicted molar refractivity (Wildman–Crippen MR) is 106 cm³/mol. The highest BCUT2D eigenvalue weighted by Crippen LogP contribution is 2.24. The number of carbonyl (C=O) groups is 1. The number of carbonyl (C=O) groups excluding carboxylic acids is 1. The molecule has 144 valence electrons. The van der Waals surface area contributed by atoms with Gasteiger partial charge in [-0.3, -0.25) is 19.6 Å². The maximum atomic E-state index is 12.3. The molecule has 3 aromatic rings. The van der Waals surface area contributed by atoms with Gasteiger partial charge < -0.3 is 4.42 Å². The molecule has 0 fully saturated rings. The summed E-state index contributed by atoms with van der Waals surface area (Å²) in [6, 6.07) is 8.07. The van der Waals surface area contributed by atoms with Gasteiger partial charge in [-0.05, 0) is 56.3 Å². The molecule has 0 bridgehead atoms. The number of aryl methyl sites for hydroxylation is 1. The van der Waals surface area contributed by atoms with Gasteiger partial charge in [0.1, 0.15) is 22.9 Å². The number of nitro groups is 1. The van der Waals surface area contributed by atoms with Gasteiger partial charge in [0.05, 0.1) is 16.5 Å². The van der Waals surface area contributed by atoms with Gasteiger partial charge in [0.25, 0.3) is 0 Å². The van der Waals surface area contributed by atoms with Gasteiger partial charge in [-0.1, -0.05) is 23.2 Å². The first-order valence-corrected chi connectivity index (χ1v) is 8.96. The number of hydrogen-bond donors (Lipinski definition) is 0. The molecule has 0 atom stereocenters. The number of furan rings is 1. The molecule has 0 N–H and O–H groups in total. The standard InChI is InChI=1S/C19H15Cl2N3O4/c1-11-19(24(26)27)12(2)23(22-11)10-15-5-4-14(28-15)6-8-18(25)16-7-3-13(20)9-17(16)21/h3-9H,10H2,1-2H3/b8-6+. The van der Waals surface area contributed by atoms with Crippen LogP contribution in [-0.4, -0.2) is 20.5 Å². The molecular weight excluding hydrogens is 405 g/mol. The molecule has 7 nitrogen and oxygen atoms in total. The maximum absolute atomic E-state index is 12.3. The van der Waals surface area contributed by atoms with Gasteiger partial charge in [0, 0.05) is 10.6 Å². The third-order valence-corrected chi connectivity index (χ3v) is 4.66. The Morgan fingerprint density at radius 3 is 2.68 bits per heavy atom. The molecule has 2 aromatic heterocycles. The second-order valence-corrected chi connectivity index (χ2v) is 6.90. The molecule has 0 saturated heterocycles. The lowest BCUT2D eigenvalue weighted by Gasteiger charge is -2.00. The minimum atomic E-state index is -0.446. The highest BCUT2D eigenvalue weighted by Gasteiger charge is 2.22. The summed E-state index contributed by atoms with van der Waals surface area (Å²) in [7, 11) is 0. The lowest BCUT2D eigenvalue weighted by atomic mass is 10.1. The van der Waals surface area contributed by atoms with Gasteiger partial charge in [-0.15, -0.1) is 0 Å². The molecular formula is C19H15Cl2N3O4. The van der Waals surface area contributed by atoms with E-state index >= 15 is 0 Å². The number of nitrogens with zero attached hydrogens (tertiary/aromatic N) is 3. The van der Waals surface area contributed by atoms with E-state index in [1.165, 1.54) is 22.9 Å². The topological polar surface area (TPSA) is 91.2 Å². The van der Waals surface area contributed by atoms with E-state index in [1.807, 2.05) is 0 Å². The van der Waals surface area contributed by atoms with Crippen LogP contribution in [0.5, 0.6) is 0 Å². The highest BCUT2D eigenvalue weighted by atomic mass is 35.5. The van der Waals surface area contributed by atoms with Crippen molar-refractivity contribution in [3.8, 4) is 0 Å². The van der Waals surface area contributed by atoms with Crippen molar-refractivity contribution in [3.63, 3.8) is 0 Å². The van der Waals surface area contributed by atoms with Crippen molar-refractivity contribution < 1.29 is 14.1 Å². The number of hydrogen-bond acceptors (Lipinski definition) is 5. The Kier molecular flexibility index (Phi) is 5.67. The molecule has 0 aliphatic rings. The van der Waals surface area contributed by atoms with Crippen LogP contribution in [0.15, 0.2) is 40.8 Å². The lowest BCUT2D eigenvalue weighted by Crippen LogP contribution is -2.03. The van der Waals surface area contributed by atoms with E-state index in [0.717, 1.165) is 0 Å². The Hall–Kier alpha value is -2.90. The van der Waals surface area contributed by atoms with Crippen molar-refractivity contribution in [2.45, 2.75) is 20.4 Å². The fraction of sp³-hybridized carbons (Fsp3) is 0.158. The Morgan fingerprint density at radius 1 is 1.29 bits per heavy atom. The summed E-state index contributed by atoms with van der Waals surface area (Å²) in [5.74, 6) is 0.732.